The molecule has 2 heteroatoms. The number of nitrogens with zero attached hydrogens (tertiary/aromatic N) is 2. The standard InChI is InChI=1S/C11H18N2/c1-2-4-10(3-1)12-7-8-13(9-12)11-5-6-11/h7-8,10-11H,1-6,9H2. The first-order valence-electron chi connectivity index (χ1n) is 5.63. The van der Waals surface area contributed by atoms with E-state index in [4.69, 9.17) is 0 Å². The molecule has 0 aromatic heterocycles. The fraction of sp³-hybridized carbons (Fsp3) is 0.818. The Kier molecular flexibility index (Phi) is 1.74. The zero-order valence-electron chi connectivity index (χ0n) is 8.15. The van der Waals surface area contributed by atoms with E-state index in [2.05, 4.69) is 22.2 Å². The van der Waals surface area contributed by atoms with Crippen molar-refractivity contribution in [3.8, 4) is 0 Å². The summed E-state index contributed by atoms with van der Waals surface area (Å²) in [5.74, 6) is 0. The van der Waals surface area contributed by atoms with E-state index in [1.165, 1.54) is 45.2 Å². The molecule has 2 fully saturated rings. The van der Waals surface area contributed by atoms with Crippen molar-refractivity contribution in [2.24, 2.45) is 0 Å². The molecular weight excluding hydrogens is 160 g/mol. The fourth-order valence-electron chi connectivity index (χ4n) is 2.57. The third-order valence-corrected chi connectivity index (χ3v) is 3.59. The van der Waals surface area contributed by atoms with Crippen LogP contribution >= 0.6 is 0 Å². The van der Waals surface area contributed by atoms with Crippen LogP contribution in [0.1, 0.15) is 38.5 Å². The van der Waals surface area contributed by atoms with E-state index < -0.39 is 0 Å². The quantitative estimate of drug-likeness (QED) is 0.639. The number of rotatable bonds is 2. The predicted octanol–water partition coefficient (Wildman–Crippen LogP) is 2.14. The monoisotopic (exact) mass is 178 g/mol. The summed E-state index contributed by atoms with van der Waals surface area (Å²) in [5.41, 5.74) is 0. The Bertz CT molecular complexity index is 214. The van der Waals surface area contributed by atoms with Gasteiger partial charge in [0.05, 0.1) is 6.67 Å². The molecule has 0 atom stereocenters. The lowest BCUT2D eigenvalue weighted by Crippen LogP contribution is -2.32. The average Bonchev–Trinajstić information content (AvgIpc) is 2.72. The molecule has 0 amide bonds. The summed E-state index contributed by atoms with van der Waals surface area (Å²) < 4.78 is 0. The van der Waals surface area contributed by atoms with E-state index in [0.29, 0.717) is 0 Å². The van der Waals surface area contributed by atoms with Crippen molar-refractivity contribution in [1.29, 1.82) is 0 Å². The first-order chi connectivity index (χ1) is 6.43. The Hall–Kier alpha value is -0.660. The van der Waals surface area contributed by atoms with Crippen LogP contribution in [0.5, 0.6) is 0 Å². The second-order valence-electron chi connectivity index (χ2n) is 4.64. The molecule has 0 aromatic carbocycles. The molecule has 72 valence electrons. The summed E-state index contributed by atoms with van der Waals surface area (Å²) in [5, 5.41) is 0. The van der Waals surface area contributed by atoms with Crippen LogP contribution in [0.25, 0.3) is 0 Å². The van der Waals surface area contributed by atoms with Crippen molar-refractivity contribution >= 4 is 0 Å². The first kappa shape index (κ1) is 7.72. The van der Waals surface area contributed by atoms with Gasteiger partial charge in [-0.25, -0.2) is 0 Å². The second-order valence-corrected chi connectivity index (χ2v) is 4.64. The van der Waals surface area contributed by atoms with Gasteiger partial charge in [0.15, 0.2) is 0 Å². The van der Waals surface area contributed by atoms with Gasteiger partial charge >= 0.3 is 0 Å². The van der Waals surface area contributed by atoms with Gasteiger partial charge < -0.3 is 9.80 Å². The molecule has 1 aliphatic heterocycles. The van der Waals surface area contributed by atoms with Crippen LogP contribution in [0.2, 0.25) is 0 Å². The molecule has 1 heterocycles. The number of hydrogen-bond acceptors (Lipinski definition) is 2. The van der Waals surface area contributed by atoms with E-state index in [-0.39, 0.29) is 0 Å². The molecule has 0 N–H and O–H groups in total. The Morgan fingerprint density at radius 1 is 0.769 bits per heavy atom. The topological polar surface area (TPSA) is 6.48 Å². The first-order valence-corrected chi connectivity index (χ1v) is 5.63. The van der Waals surface area contributed by atoms with Crippen LogP contribution in [0.3, 0.4) is 0 Å². The minimum Gasteiger partial charge on any atom is -0.356 e. The fourth-order valence-corrected chi connectivity index (χ4v) is 2.57. The molecule has 0 spiro atoms. The van der Waals surface area contributed by atoms with Crippen LogP contribution in [-0.4, -0.2) is 28.6 Å². The third-order valence-electron chi connectivity index (χ3n) is 3.59. The summed E-state index contributed by atoms with van der Waals surface area (Å²) >= 11 is 0. The van der Waals surface area contributed by atoms with Crippen molar-refractivity contribution in [2.75, 3.05) is 6.67 Å². The SMILES string of the molecule is C1=CN(C2CC2)CN1C1CCCC1. The number of hydrogen-bond donors (Lipinski definition) is 0. The lowest BCUT2D eigenvalue weighted by molar-refractivity contribution is 0.208. The van der Waals surface area contributed by atoms with Gasteiger partial charge in [0.25, 0.3) is 0 Å². The Labute approximate surface area is 80.2 Å². The van der Waals surface area contributed by atoms with Gasteiger partial charge in [-0.05, 0) is 25.7 Å². The van der Waals surface area contributed by atoms with Crippen LogP contribution in [0.4, 0.5) is 0 Å². The van der Waals surface area contributed by atoms with Crippen LogP contribution < -0.4 is 0 Å². The predicted molar refractivity (Wildman–Crippen MR) is 53.0 cm³/mol. The lowest BCUT2D eigenvalue weighted by Gasteiger charge is -2.26. The zero-order valence-corrected chi connectivity index (χ0v) is 8.15. The van der Waals surface area contributed by atoms with Gasteiger partial charge in [0, 0.05) is 24.5 Å². The molecule has 2 saturated carbocycles. The Balaban J connectivity index is 1.59. The van der Waals surface area contributed by atoms with Crippen molar-refractivity contribution in [2.45, 2.75) is 50.6 Å². The molecule has 2 aliphatic carbocycles. The molecule has 0 bridgehead atoms. The van der Waals surface area contributed by atoms with Crippen molar-refractivity contribution in [3.05, 3.63) is 12.4 Å². The van der Waals surface area contributed by atoms with Gasteiger partial charge in [-0.2, -0.15) is 0 Å². The van der Waals surface area contributed by atoms with Crippen molar-refractivity contribution in [3.63, 3.8) is 0 Å². The summed E-state index contributed by atoms with van der Waals surface area (Å²) in [6.07, 6.45) is 13.2. The minimum absolute atomic E-state index is 0.861. The largest absolute Gasteiger partial charge is 0.356 e. The summed E-state index contributed by atoms with van der Waals surface area (Å²) in [4.78, 5) is 5.06. The van der Waals surface area contributed by atoms with Gasteiger partial charge in [0.1, 0.15) is 0 Å². The minimum atomic E-state index is 0.861. The molecule has 3 rings (SSSR count). The van der Waals surface area contributed by atoms with E-state index in [1.54, 1.807) is 0 Å². The summed E-state index contributed by atoms with van der Waals surface area (Å²) in [7, 11) is 0. The maximum atomic E-state index is 2.55. The Morgan fingerprint density at radius 2 is 1.31 bits per heavy atom. The molecule has 0 aromatic rings. The van der Waals surface area contributed by atoms with E-state index >= 15 is 0 Å². The zero-order chi connectivity index (χ0) is 8.67. The second kappa shape index (κ2) is 2.93. The molecule has 3 aliphatic rings. The van der Waals surface area contributed by atoms with E-state index in [1.807, 2.05) is 0 Å². The molecule has 0 radical (unpaired) electrons. The van der Waals surface area contributed by atoms with E-state index in [9.17, 15) is 0 Å². The molecule has 0 unspecified atom stereocenters. The van der Waals surface area contributed by atoms with Crippen molar-refractivity contribution < 1.29 is 0 Å². The normalized spacial score (nSPS) is 29.2. The van der Waals surface area contributed by atoms with Crippen LogP contribution in [0, 0.1) is 0 Å². The molecule has 13 heavy (non-hydrogen) atoms. The average molecular weight is 178 g/mol. The highest BCUT2D eigenvalue weighted by Gasteiger charge is 2.32. The van der Waals surface area contributed by atoms with Gasteiger partial charge in [-0.3, -0.25) is 0 Å². The molecule has 2 nitrogen and oxygen atoms in total. The highest BCUT2D eigenvalue weighted by molar-refractivity contribution is 5.00. The van der Waals surface area contributed by atoms with Crippen LogP contribution in [-0.2, 0) is 0 Å². The Morgan fingerprint density at radius 3 is 1.85 bits per heavy atom. The van der Waals surface area contributed by atoms with Crippen molar-refractivity contribution in [1.82, 2.24) is 9.80 Å². The maximum absolute atomic E-state index is 2.55. The molecule has 0 saturated heterocycles. The van der Waals surface area contributed by atoms with Gasteiger partial charge in [-0.15, -0.1) is 0 Å². The molecular formula is C11H18N2. The highest BCUT2D eigenvalue weighted by Crippen LogP contribution is 2.32. The van der Waals surface area contributed by atoms with E-state index in [0.717, 1.165) is 12.1 Å². The van der Waals surface area contributed by atoms with Gasteiger partial charge in [-0.1, -0.05) is 12.8 Å². The summed E-state index contributed by atoms with van der Waals surface area (Å²) in [6, 6.07) is 1.75. The van der Waals surface area contributed by atoms with Crippen LogP contribution in [0.15, 0.2) is 12.4 Å². The van der Waals surface area contributed by atoms with Gasteiger partial charge in [0.2, 0.25) is 0 Å². The highest BCUT2D eigenvalue weighted by atomic mass is 15.4. The lowest BCUT2D eigenvalue weighted by atomic mass is 10.2. The maximum Gasteiger partial charge on any atom is 0.0899 e. The third kappa shape index (κ3) is 1.43. The summed E-state index contributed by atoms with van der Waals surface area (Å²) in [6.45, 7) is 1.18. The smallest absolute Gasteiger partial charge is 0.0899 e.